The van der Waals surface area contributed by atoms with Crippen molar-refractivity contribution in [3.63, 3.8) is 0 Å². The van der Waals surface area contributed by atoms with E-state index in [0.717, 1.165) is 19.3 Å². The van der Waals surface area contributed by atoms with Gasteiger partial charge in [0.25, 0.3) is 0 Å². The minimum absolute atomic E-state index is 0.0636. The zero-order valence-electron chi connectivity index (χ0n) is 12.0. The maximum absolute atomic E-state index is 11.5. The number of carbonyl (C=O) groups is 1. The van der Waals surface area contributed by atoms with Gasteiger partial charge in [0.15, 0.2) is 0 Å². The van der Waals surface area contributed by atoms with Crippen molar-refractivity contribution in [2.75, 3.05) is 12.4 Å². The molecule has 1 aliphatic rings. The van der Waals surface area contributed by atoms with Gasteiger partial charge in [0, 0.05) is 11.7 Å². The summed E-state index contributed by atoms with van der Waals surface area (Å²) in [4.78, 5) is 11.5. The standard InChI is InChI=1S/C16H23NO2/c1-11(2)14-6-4-5-7-15(14)17-13-9-8-12(10-13)16(18)19-3/h4-7,11-13,17H,8-10H2,1-3H3/t12-,13+/m0/s1. The van der Waals surface area contributed by atoms with Gasteiger partial charge >= 0.3 is 5.97 Å². The fourth-order valence-corrected chi connectivity index (χ4v) is 2.85. The van der Waals surface area contributed by atoms with Crippen LogP contribution in [0.1, 0.15) is 44.6 Å². The molecule has 1 N–H and O–H groups in total. The summed E-state index contributed by atoms with van der Waals surface area (Å²) in [6.07, 6.45) is 2.83. The molecule has 19 heavy (non-hydrogen) atoms. The number of carbonyl (C=O) groups excluding carboxylic acids is 1. The van der Waals surface area contributed by atoms with Crippen LogP contribution in [0.4, 0.5) is 5.69 Å². The summed E-state index contributed by atoms with van der Waals surface area (Å²) in [5.41, 5.74) is 2.54. The van der Waals surface area contributed by atoms with Crippen LogP contribution in [0.2, 0.25) is 0 Å². The normalized spacial score (nSPS) is 22.5. The third kappa shape index (κ3) is 3.28. The number of hydrogen-bond donors (Lipinski definition) is 1. The molecular weight excluding hydrogens is 238 g/mol. The van der Waals surface area contributed by atoms with Crippen molar-refractivity contribution in [3.05, 3.63) is 29.8 Å². The van der Waals surface area contributed by atoms with Gasteiger partial charge in [-0.1, -0.05) is 32.0 Å². The van der Waals surface area contributed by atoms with E-state index in [4.69, 9.17) is 4.74 Å². The van der Waals surface area contributed by atoms with Gasteiger partial charge in [0.2, 0.25) is 0 Å². The zero-order valence-corrected chi connectivity index (χ0v) is 12.0. The molecule has 0 bridgehead atoms. The van der Waals surface area contributed by atoms with Crippen LogP contribution in [0.25, 0.3) is 0 Å². The third-order valence-electron chi connectivity index (χ3n) is 3.91. The first kappa shape index (κ1) is 13.9. The molecule has 104 valence electrons. The second-order valence-electron chi connectivity index (χ2n) is 5.62. The first-order valence-electron chi connectivity index (χ1n) is 7.05. The van der Waals surface area contributed by atoms with E-state index in [2.05, 4.69) is 43.4 Å². The largest absolute Gasteiger partial charge is 0.469 e. The highest BCUT2D eigenvalue weighted by molar-refractivity contribution is 5.72. The molecule has 1 saturated carbocycles. The van der Waals surface area contributed by atoms with Crippen molar-refractivity contribution >= 4 is 11.7 Å². The molecular formula is C16H23NO2. The predicted octanol–water partition coefficient (Wildman–Crippen LogP) is 3.56. The molecule has 0 amide bonds. The Morgan fingerprint density at radius 2 is 2.05 bits per heavy atom. The zero-order chi connectivity index (χ0) is 13.8. The Hall–Kier alpha value is -1.51. The molecule has 2 rings (SSSR count). The topological polar surface area (TPSA) is 38.3 Å². The number of anilines is 1. The summed E-state index contributed by atoms with van der Waals surface area (Å²) in [6, 6.07) is 8.80. The third-order valence-corrected chi connectivity index (χ3v) is 3.91. The average molecular weight is 261 g/mol. The molecule has 0 heterocycles. The van der Waals surface area contributed by atoms with Crippen molar-refractivity contribution in [3.8, 4) is 0 Å². The van der Waals surface area contributed by atoms with Gasteiger partial charge in [-0.3, -0.25) is 4.79 Å². The smallest absolute Gasteiger partial charge is 0.308 e. The number of benzene rings is 1. The van der Waals surface area contributed by atoms with Crippen molar-refractivity contribution in [2.24, 2.45) is 5.92 Å². The monoisotopic (exact) mass is 261 g/mol. The molecule has 0 spiro atoms. The number of esters is 1. The van der Waals surface area contributed by atoms with Crippen LogP contribution in [-0.2, 0) is 9.53 Å². The Bertz CT molecular complexity index is 442. The van der Waals surface area contributed by atoms with Gasteiger partial charge in [0.05, 0.1) is 13.0 Å². The fourth-order valence-electron chi connectivity index (χ4n) is 2.85. The van der Waals surface area contributed by atoms with Crippen LogP contribution in [0.5, 0.6) is 0 Å². The van der Waals surface area contributed by atoms with Crippen LogP contribution in [0, 0.1) is 5.92 Å². The molecule has 3 nitrogen and oxygen atoms in total. The first-order valence-corrected chi connectivity index (χ1v) is 7.05. The van der Waals surface area contributed by atoms with E-state index in [-0.39, 0.29) is 11.9 Å². The van der Waals surface area contributed by atoms with Gasteiger partial charge < -0.3 is 10.1 Å². The van der Waals surface area contributed by atoms with Gasteiger partial charge in [-0.25, -0.2) is 0 Å². The molecule has 3 heteroatoms. The Labute approximate surface area is 115 Å². The predicted molar refractivity (Wildman–Crippen MR) is 77.3 cm³/mol. The SMILES string of the molecule is COC(=O)[C@H]1CC[C@@H](Nc2ccccc2C(C)C)C1. The van der Waals surface area contributed by atoms with Crippen molar-refractivity contribution in [1.29, 1.82) is 0 Å². The van der Waals surface area contributed by atoms with Crippen LogP contribution >= 0.6 is 0 Å². The van der Waals surface area contributed by atoms with Gasteiger partial charge in [-0.05, 0) is 36.8 Å². The lowest BCUT2D eigenvalue weighted by Gasteiger charge is -2.19. The fraction of sp³-hybridized carbons (Fsp3) is 0.562. The molecule has 1 aromatic rings. The van der Waals surface area contributed by atoms with Crippen molar-refractivity contribution < 1.29 is 9.53 Å². The molecule has 1 fully saturated rings. The lowest BCUT2D eigenvalue weighted by Crippen LogP contribution is -2.19. The first-order chi connectivity index (χ1) is 9.11. The summed E-state index contributed by atoms with van der Waals surface area (Å²) in [6.45, 7) is 4.40. The Morgan fingerprint density at radius 1 is 1.32 bits per heavy atom. The van der Waals surface area contributed by atoms with Crippen LogP contribution < -0.4 is 5.32 Å². The van der Waals surface area contributed by atoms with E-state index >= 15 is 0 Å². The molecule has 0 saturated heterocycles. The van der Waals surface area contributed by atoms with Gasteiger partial charge in [-0.15, -0.1) is 0 Å². The van der Waals surface area contributed by atoms with E-state index in [0.29, 0.717) is 12.0 Å². The summed E-state index contributed by atoms with van der Waals surface area (Å²) in [7, 11) is 1.47. The van der Waals surface area contributed by atoms with E-state index in [1.54, 1.807) is 0 Å². The number of para-hydroxylation sites is 1. The minimum Gasteiger partial charge on any atom is -0.469 e. The van der Waals surface area contributed by atoms with Crippen LogP contribution in [-0.4, -0.2) is 19.1 Å². The maximum Gasteiger partial charge on any atom is 0.308 e. The molecule has 2 atom stereocenters. The Kier molecular flexibility index (Phi) is 4.46. The summed E-state index contributed by atoms with van der Waals surface area (Å²) in [5, 5.41) is 3.59. The highest BCUT2D eigenvalue weighted by Crippen LogP contribution is 2.31. The highest BCUT2D eigenvalue weighted by Gasteiger charge is 2.30. The lowest BCUT2D eigenvalue weighted by atomic mass is 10.0. The molecule has 0 aromatic heterocycles. The number of methoxy groups -OCH3 is 1. The molecule has 1 aromatic carbocycles. The Morgan fingerprint density at radius 3 is 2.74 bits per heavy atom. The van der Waals surface area contributed by atoms with E-state index < -0.39 is 0 Å². The molecule has 1 aliphatic carbocycles. The Balaban J connectivity index is 2.01. The number of hydrogen-bond acceptors (Lipinski definition) is 3. The van der Waals surface area contributed by atoms with Gasteiger partial charge in [0.1, 0.15) is 0 Å². The van der Waals surface area contributed by atoms with E-state index in [9.17, 15) is 4.79 Å². The quantitative estimate of drug-likeness (QED) is 0.842. The second-order valence-corrected chi connectivity index (χ2v) is 5.62. The molecule has 0 unspecified atom stereocenters. The summed E-state index contributed by atoms with van der Waals surface area (Å²) < 4.78 is 4.83. The molecule has 0 aliphatic heterocycles. The van der Waals surface area contributed by atoms with E-state index in [1.807, 2.05) is 0 Å². The van der Waals surface area contributed by atoms with Gasteiger partial charge in [-0.2, -0.15) is 0 Å². The molecule has 0 radical (unpaired) electrons. The summed E-state index contributed by atoms with van der Waals surface area (Å²) >= 11 is 0. The minimum atomic E-state index is -0.0681. The number of nitrogens with one attached hydrogen (secondary N) is 1. The summed E-state index contributed by atoms with van der Waals surface area (Å²) in [5.74, 6) is 0.497. The number of rotatable bonds is 4. The lowest BCUT2D eigenvalue weighted by molar-refractivity contribution is -0.145. The van der Waals surface area contributed by atoms with E-state index in [1.165, 1.54) is 18.4 Å². The van der Waals surface area contributed by atoms with Crippen molar-refractivity contribution in [1.82, 2.24) is 0 Å². The second kappa shape index (κ2) is 6.09. The van der Waals surface area contributed by atoms with Crippen LogP contribution in [0.15, 0.2) is 24.3 Å². The van der Waals surface area contributed by atoms with Crippen LogP contribution in [0.3, 0.4) is 0 Å². The maximum atomic E-state index is 11.5. The highest BCUT2D eigenvalue weighted by atomic mass is 16.5. The average Bonchev–Trinajstić information content (AvgIpc) is 2.86. The number of ether oxygens (including phenoxy) is 1. The van der Waals surface area contributed by atoms with Crippen molar-refractivity contribution in [2.45, 2.75) is 45.1 Å².